The maximum Gasteiger partial charge on any atom is -0.0184 e. The second-order valence-electron chi connectivity index (χ2n) is 13.3. The second-order valence-corrected chi connectivity index (χ2v) is 13.3. The Hall–Kier alpha value is -4.68. The Balaban J connectivity index is 0.000000213. The highest BCUT2D eigenvalue weighted by molar-refractivity contribution is 5.63. The summed E-state index contributed by atoms with van der Waals surface area (Å²) < 4.78 is 0. The molecule has 6 aromatic rings. The van der Waals surface area contributed by atoms with Crippen LogP contribution in [0.3, 0.4) is 0 Å². The van der Waals surface area contributed by atoms with E-state index in [0.29, 0.717) is 5.92 Å². The smallest absolute Gasteiger partial charge is 0.0184 e. The fraction of sp³-hybridized carbons (Fsp3) is 0.250. The van der Waals surface area contributed by atoms with Crippen molar-refractivity contribution in [2.75, 3.05) is 0 Å². The van der Waals surface area contributed by atoms with Crippen molar-refractivity contribution >= 4 is 0 Å². The zero-order valence-corrected chi connectivity index (χ0v) is 31.4. The summed E-state index contributed by atoms with van der Waals surface area (Å²) in [6.07, 6.45) is 0. The first kappa shape index (κ1) is 39.5. The molecule has 0 unspecified atom stereocenters. The van der Waals surface area contributed by atoms with Crippen molar-refractivity contribution in [3.8, 4) is 11.1 Å². The van der Waals surface area contributed by atoms with Gasteiger partial charge in [0, 0.05) is 0 Å². The highest BCUT2D eigenvalue weighted by Gasteiger charge is 1.96. The van der Waals surface area contributed by atoms with Gasteiger partial charge in [-0.1, -0.05) is 210 Å². The van der Waals surface area contributed by atoms with Crippen LogP contribution in [-0.4, -0.2) is 0 Å². The number of benzene rings is 6. The van der Waals surface area contributed by atoms with Gasteiger partial charge in [-0.3, -0.25) is 0 Å². The lowest BCUT2D eigenvalue weighted by atomic mass is 10.0. The van der Waals surface area contributed by atoms with Gasteiger partial charge in [0.15, 0.2) is 0 Å². The number of aryl methyl sites for hydroxylation is 9. The van der Waals surface area contributed by atoms with Gasteiger partial charge in [0.25, 0.3) is 0 Å². The van der Waals surface area contributed by atoms with E-state index in [4.69, 9.17) is 0 Å². The molecule has 0 aliphatic rings. The molecule has 0 atom stereocenters. The first-order valence-corrected chi connectivity index (χ1v) is 17.1. The molecule has 6 aromatic carbocycles. The quantitative estimate of drug-likeness (QED) is 0.178. The average Bonchev–Trinajstić information content (AvgIpc) is 3.06. The Morgan fingerprint density at radius 1 is 0.271 bits per heavy atom. The zero-order valence-electron chi connectivity index (χ0n) is 31.4. The third-order valence-electron chi connectivity index (χ3n) is 7.79. The highest BCUT2D eigenvalue weighted by atomic mass is 14.0. The average molecular weight is 635 g/mol. The standard InChI is InChI=1S/C14H14.C10H14.3C8H10/c1-11-3-7-13(8-4-11)14-9-5-12(2)6-10-14;1-8(2)10-6-4-9(3)5-7-10;2*1-7-3-5-8(2)6-4-7;1-7-4-3-5-8(2)6-7/h3-10H,1-2H3;4-8H,1-3H3;3*3-6H,1-2H3. The molecule has 0 bridgehead atoms. The third kappa shape index (κ3) is 16.8. The molecule has 0 nitrogen and oxygen atoms in total. The molecule has 0 radical (unpaired) electrons. The highest BCUT2D eigenvalue weighted by Crippen LogP contribution is 2.20. The van der Waals surface area contributed by atoms with Gasteiger partial charge in [0.05, 0.1) is 0 Å². The van der Waals surface area contributed by atoms with E-state index >= 15 is 0 Å². The summed E-state index contributed by atoms with van der Waals surface area (Å²) in [6.45, 7) is 23.4. The van der Waals surface area contributed by atoms with Crippen LogP contribution >= 0.6 is 0 Å². The van der Waals surface area contributed by atoms with Gasteiger partial charge in [-0.25, -0.2) is 0 Å². The van der Waals surface area contributed by atoms with Gasteiger partial charge in [-0.2, -0.15) is 0 Å². The Morgan fingerprint density at radius 3 is 0.708 bits per heavy atom. The van der Waals surface area contributed by atoms with Gasteiger partial charge >= 0.3 is 0 Å². The molecule has 250 valence electrons. The molecule has 0 aromatic heterocycles. The molecule has 0 fully saturated rings. The predicted octanol–water partition coefficient (Wildman–Crippen LogP) is 14.0. The molecule has 0 N–H and O–H groups in total. The van der Waals surface area contributed by atoms with E-state index in [2.05, 4.69) is 222 Å². The van der Waals surface area contributed by atoms with Gasteiger partial charge in [-0.05, 0) is 84.9 Å². The molecule has 48 heavy (non-hydrogen) atoms. The van der Waals surface area contributed by atoms with Crippen LogP contribution in [0.25, 0.3) is 11.1 Å². The van der Waals surface area contributed by atoms with E-state index in [0.717, 1.165) is 0 Å². The monoisotopic (exact) mass is 634 g/mol. The summed E-state index contributed by atoms with van der Waals surface area (Å²) in [4.78, 5) is 0. The second kappa shape index (κ2) is 21.2. The summed E-state index contributed by atoms with van der Waals surface area (Å²) in [5, 5.41) is 0. The van der Waals surface area contributed by atoms with E-state index in [-0.39, 0.29) is 0 Å². The molecule has 0 heterocycles. The zero-order chi connectivity index (χ0) is 35.5. The minimum Gasteiger partial charge on any atom is -0.0617 e. The number of hydrogen-bond donors (Lipinski definition) is 0. The van der Waals surface area contributed by atoms with Crippen molar-refractivity contribution in [3.63, 3.8) is 0 Å². The Bertz CT molecular complexity index is 1550. The van der Waals surface area contributed by atoms with E-state index in [1.165, 1.54) is 66.8 Å². The lowest BCUT2D eigenvalue weighted by molar-refractivity contribution is 0.866. The lowest BCUT2D eigenvalue weighted by Gasteiger charge is -2.03. The van der Waals surface area contributed by atoms with Crippen molar-refractivity contribution in [3.05, 3.63) is 201 Å². The molecule has 0 amide bonds. The fourth-order valence-electron chi connectivity index (χ4n) is 4.52. The SMILES string of the molecule is Cc1ccc(-c2ccc(C)cc2)cc1.Cc1ccc(C(C)C)cc1.Cc1ccc(C)cc1.Cc1ccc(C)cc1.Cc1cccc(C)c1. The topological polar surface area (TPSA) is 0 Å². The first-order valence-electron chi connectivity index (χ1n) is 17.1. The van der Waals surface area contributed by atoms with Crippen molar-refractivity contribution in [2.24, 2.45) is 0 Å². The molecule has 0 saturated carbocycles. The maximum atomic E-state index is 2.21. The van der Waals surface area contributed by atoms with Crippen LogP contribution in [0, 0.1) is 62.3 Å². The van der Waals surface area contributed by atoms with Crippen LogP contribution in [0.5, 0.6) is 0 Å². The van der Waals surface area contributed by atoms with Gasteiger partial charge in [0.1, 0.15) is 0 Å². The Kier molecular flexibility index (Phi) is 17.5. The van der Waals surface area contributed by atoms with E-state index in [9.17, 15) is 0 Å². The van der Waals surface area contributed by atoms with Gasteiger partial charge in [0.2, 0.25) is 0 Å². The van der Waals surface area contributed by atoms with E-state index < -0.39 is 0 Å². The van der Waals surface area contributed by atoms with E-state index in [1.54, 1.807) is 0 Å². The molecule has 0 aliphatic carbocycles. The van der Waals surface area contributed by atoms with Crippen LogP contribution in [0.1, 0.15) is 75.4 Å². The molecule has 0 saturated heterocycles. The van der Waals surface area contributed by atoms with Crippen LogP contribution in [0.15, 0.2) is 146 Å². The van der Waals surface area contributed by atoms with Crippen molar-refractivity contribution < 1.29 is 0 Å². The number of hydrogen-bond acceptors (Lipinski definition) is 0. The van der Waals surface area contributed by atoms with Crippen LogP contribution in [0.4, 0.5) is 0 Å². The Morgan fingerprint density at radius 2 is 0.500 bits per heavy atom. The largest absolute Gasteiger partial charge is 0.0617 e. The minimum absolute atomic E-state index is 0.653. The first-order chi connectivity index (χ1) is 22.8. The molecular formula is C48H58. The lowest BCUT2D eigenvalue weighted by Crippen LogP contribution is -1.85. The number of rotatable bonds is 2. The van der Waals surface area contributed by atoms with Crippen LogP contribution < -0.4 is 0 Å². The Labute approximate surface area is 293 Å². The summed E-state index contributed by atoms with van der Waals surface area (Å²) in [5.74, 6) is 0.653. The van der Waals surface area contributed by atoms with Crippen molar-refractivity contribution in [1.82, 2.24) is 0 Å². The summed E-state index contributed by atoms with van der Waals surface area (Å²) in [5.41, 5.74) is 15.9. The molecule has 0 heteroatoms. The van der Waals surface area contributed by atoms with Crippen molar-refractivity contribution in [1.29, 1.82) is 0 Å². The fourth-order valence-corrected chi connectivity index (χ4v) is 4.52. The molecule has 0 aliphatic heterocycles. The molecule has 0 spiro atoms. The summed E-state index contributed by atoms with van der Waals surface area (Å²) >= 11 is 0. The van der Waals surface area contributed by atoms with Crippen molar-refractivity contribution in [2.45, 2.75) is 82.1 Å². The third-order valence-corrected chi connectivity index (χ3v) is 7.79. The molecule has 6 rings (SSSR count). The predicted molar refractivity (Wildman–Crippen MR) is 214 cm³/mol. The molecular weight excluding hydrogens is 577 g/mol. The van der Waals surface area contributed by atoms with Crippen LogP contribution in [-0.2, 0) is 0 Å². The van der Waals surface area contributed by atoms with Crippen LogP contribution in [0.2, 0.25) is 0 Å². The van der Waals surface area contributed by atoms with E-state index in [1.807, 2.05) is 0 Å². The van der Waals surface area contributed by atoms with Gasteiger partial charge in [-0.15, -0.1) is 0 Å². The van der Waals surface area contributed by atoms with Gasteiger partial charge < -0.3 is 0 Å². The summed E-state index contributed by atoms with van der Waals surface area (Å²) in [7, 11) is 0. The summed E-state index contributed by atoms with van der Waals surface area (Å²) in [6, 6.07) is 51.4. The maximum absolute atomic E-state index is 2.21. The normalized spacial score (nSPS) is 9.75. The minimum atomic E-state index is 0.653.